The molecule has 0 fully saturated rings. The Labute approximate surface area is 212 Å². The fraction of sp³-hybridized carbons (Fsp3) is 0.100. The summed E-state index contributed by atoms with van der Waals surface area (Å²) < 4.78 is 5.49. The Balaban J connectivity index is 1.51. The molecule has 0 spiro atoms. The van der Waals surface area contributed by atoms with Crippen molar-refractivity contribution in [1.82, 2.24) is 0 Å². The van der Waals surface area contributed by atoms with E-state index in [0.717, 1.165) is 10.8 Å². The SMILES string of the molecule is CC(=O)c1ccc(NC(=O)C(=O)[C@@H](C(=O)c2ccc3ccccc3c2)[C@H]2OC(=O)c3ccccc32)cc1. The highest BCUT2D eigenvalue weighted by Crippen LogP contribution is 2.38. The summed E-state index contributed by atoms with van der Waals surface area (Å²) in [5, 5.41) is 4.19. The first-order valence-electron chi connectivity index (χ1n) is 11.6. The maximum Gasteiger partial charge on any atom is 0.339 e. The number of nitrogens with one attached hydrogen (secondary N) is 1. The Bertz CT molecular complexity index is 1590. The molecule has 0 unspecified atom stereocenters. The molecule has 0 radical (unpaired) electrons. The third kappa shape index (κ3) is 4.54. The van der Waals surface area contributed by atoms with Crippen LogP contribution >= 0.6 is 0 Å². The summed E-state index contributed by atoms with van der Waals surface area (Å²) in [4.78, 5) is 64.4. The Morgan fingerprint density at radius 1 is 0.784 bits per heavy atom. The second-order valence-electron chi connectivity index (χ2n) is 8.77. The van der Waals surface area contributed by atoms with Crippen molar-refractivity contribution in [2.45, 2.75) is 13.0 Å². The number of rotatable bonds is 7. The van der Waals surface area contributed by atoms with E-state index in [-0.39, 0.29) is 22.6 Å². The van der Waals surface area contributed by atoms with Crippen LogP contribution in [0.15, 0.2) is 91.0 Å². The smallest absolute Gasteiger partial charge is 0.339 e. The number of carbonyl (C=O) groups is 5. The number of anilines is 1. The Hall–Kier alpha value is -4.91. The van der Waals surface area contributed by atoms with Crippen molar-refractivity contribution in [1.29, 1.82) is 0 Å². The molecule has 1 aliphatic heterocycles. The van der Waals surface area contributed by atoms with Gasteiger partial charge >= 0.3 is 5.97 Å². The van der Waals surface area contributed by atoms with Crippen LogP contribution in [0, 0.1) is 5.92 Å². The van der Waals surface area contributed by atoms with E-state index in [1.54, 1.807) is 42.5 Å². The second-order valence-corrected chi connectivity index (χ2v) is 8.77. The lowest BCUT2D eigenvalue weighted by atomic mass is 9.84. The molecule has 1 N–H and O–H groups in total. The minimum atomic E-state index is -1.59. The number of cyclic esters (lactones) is 1. The summed E-state index contributed by atoms with van der Waals surface area (Å²) in [5.74, 6) is -5.10. The maximum atomic E-state index is 13.8. The van der Waals surface area contributed by atoms with Crippen LogP contribution in [0.3, 0.4) is 0 Å². The number of hydrogen-bond acceptors (Lipinski definition) is 6. The summed E-state index contributed by atoms with van der Waals surface area (Å²) in [6, 6.07) is 25.0. The van der Waals surface area contributed by atoms with Gasteiger partial charge in [0.25, 0.3) is 5.91 Å². The Morgan fingerprint density at radius 2 is 1.43 bits per heavy atom. The van der Waals surface area contributed by atoms with Crippen LogP contribution in [0.4, 0.5) is 5.69 Å². The van der Waals surface area contributed by atoms with E-state index in [4.69, 9.17) is 4.74 Å². The zero-order valence-corrected chi connectivity index (χ0v) is 19.8. The predicted molar refractivity (Wildman–Crippen MR) is 136 cm³/mol. The van der Waals surface area contributed by atoms with Gasteiger partial charge in [-0.1, -0.05) is 54.6 Å². The van der Waals surface area contributed by atoms with Crippen LogP contribution < -0.4 is 5.32 Å². The standard InChI is InChI=1S/C30H21NO6/c1-17(32)18-12-14-22(15-13-18)31-29(35)27(34)25(28-23-8-4-5-9-24(23)30(36)37-28)26(33)21-11-10-19-6-2-3-7-20(19)16-21/h2-16,25,28H,1H3,(H,31,35)/t25-,28+/m1/s1. The highest BCUT2D eigenvalue weighted by molar-refractivity contribution is 6.45. The first-order chi connectivity index (χ1) is 17.8. The second kappa shape index (κ2) is 9.62. The van der Waals surface area contributed by atoms with Crippen molar-refractivity contribution < 1.29 is 28.7 Å². The van der Waals surface area contributed by atoms with Crippen LogP contribution in [0.2, 0.25) is 0 Å². The van der Waals surface area contributed by atoms with Crippen molar-refractivity contribution in [2.24, 2.45) is 5.92 Å². The number of Topliss-reactive ketones (excluding diaryl/α,β-unsaturated/α-hetero) is 3. The number of ether oxygens (including phenoxy) is 1. The van der Waals surface area contributed by atoms with Crippen LogP contribution in [0.1, 0.15) is 49.7 Å². The van der Waals surface area contributed by atoms with Crippen LogP contribution in [-0.4, -0.2) is 29.2 Å². The fourth-order valence-electron chi connectivity index (χ4n) is 4.46. The Kier molecular flexibility index (Phi) is 6.19. The summed E-state index contributed by atoms with van der Waals surface area (Å²) in [6.45, 7) is 1.42. The lowest BCUT2D eigenvalue weighted by molar-refractivity contribution is -0.138. The van der Waals surface area contributed by atoms with Gasteiger partial charge in [0.1, 0.15) is 12.0 Å². The number of esters is 1. The third-order valence-electron chi connectivity index (χ3n) is 6.40. The molecule has 0 saturated heterocycles. The van der Waals surface area contributed by atoms with Crippen molar-refractivity contribution in [3.05, 3.63) is 113 Å². The quantitative estimate of drug-likeness (QED) is 0.169. The lowest BCUT2D eigenvalue weighted by Gasteiger charge is -2.21. The maximum absolute atomic E-state index is 13.8. The lowest BCUT2D eigenvalue weighted by Crippen LogP contribution is -2.38. The number of carbonyl (C=O) groups excluding carboxylic acids is 5. The molecule has 4 aromatic carbocycles. The molecule has 0 bridgehead atoms. The summed E-state index contributed by atoms with van der Waals surface area (Å²) in [6.07, 6.45) is -1.25. The minimum absolute atomic E-state index is 0.142. The molecule has 7 nitrogen and oxygen atoms in total. The molecular formula is C30H21NO6. The average molecular weight is 491 g/mol. The zero-order chi connectivity index (χ0) is 26.1. The molecule has 0 aromatic heterocycles. The van der Waals surface area contributed by atoms with Gasteiger partial charge in [-0.05, 0) is 54.1 Å². The number of benzene rings is 4. The van der Waals surface area contributed by atoms with Crippen LogP contribution in [-0.2, 0) is 14.3 Å². The minimum Gasteiger partial charge on any atom is -0.453 e. The van der Waals surface area contributed by atoms with Crippen molar-refractivity contribution in [3.8, 4) is 0 Å². The highest BCUT2D eigenvalue weighted by atomic mass is 16.5. The van der Waals surface area contributed by atoms with Crippen molar-refractivity contribution >= 4 is 45.7 Å². The third-order valence-corrected chi connectivity index (χ3v) is 6.40. The molecule has 37 heavy (non-hydrogen) atoms. The summed E-state index contributed by atoms with van der Waals surface area (Å²) >= 11 is 0. The van der Waals surface area contributed by atoms with E-state index in [1.807, 2.05) is 24.3 Å². The molecule has 5 rings (SSSR count). The van der Waals surface area contributed by atoms with Gasteiger partial charge in [0, 0.05) is 22.4 Å². The Morgan fingerprint density at radius 3 is 2.16 bits per heavy atom. The van der Waals surface area contributed by atoms with Gasteiger partial charge in [0.05, 0.1) is 5.56 Å². The highest BCUT2D eigenvalue weighted by Gasteiger charge is 2.46. The first kappa shape index (κ1) is 23.8. The van der Waals surface area contributed by atoms with Gasteiger partial charge in [0.15, 0.2) is 11.6 Å². The van der Waals surface area contributed by atoms with Crippen LogP contribution in [0.25, 0.3) is 10.8 Å². The molecule has 0 saturated carbocycles. The van der Waals surface area contributed by atoms with Gasteiger partial charge in [0.2, 0.25) is 5.78 Å². The molecule has 7 heteroatoms. The predicted octanol–water partition coefficient (Wildman–Crippen LogP) is 4.96. The van der Waals surface area contributed by atoms with Gasteiger partial charge in [-0.2, -0.15) is 0 Å². The van der Waals surface area contributed by atoms with E-state index >= 15 is 0 Å². The molecule has 0 aliphatic carbocycles. The van der Waals surface area contributed by atoms with E-state index in [0.29, 0.717) is 11.1 Å². The monoisotopic (exact) mass is 491 g/mol. The fourth-order valence-corrected chi connectivity index (χ4v) is 4.46. The molecule has 2 atom stereocenters. The number of hydrogen-bond donors (Lipinski definition) is 1. The van der Waals surface area contributed by atoms with Gasteiger partial charge in [-0.25, -0.2) is 4.79 Å². The normalized spacial score (nSPS) is 14.9. The molecule has 1 heterocycles. The van der Waals surface area contributed by atoms with E-state index in [1.165, 1.54) is 31.2 Å². The van der Waals surface area contributed by atoms with Gasteiger partial charge in [-0.15, -0.1) is 0 Å². The number of ketones is 3. The largest absolute Gasteiger partial charge is 0.453 e. The first-order valence-corrected chi connectivity index (χ1v) is 11.6. The summed E-state index contributed by atoms with van der Waals surface area (Å²) in [7, 11) is 0. The molecular weight excluding hydrogens is 470 g/mol. The topological polar surface area (TPSA) is 107 Å². The van der Waals surface area contributed by atoms with Crippen molar-refractivity contribution in [3.63, 3.8) is 0 Å². The average Bonchev–Trinajstić information content (AvgIpc) is 3.24. The van der Waals surface area contributed by atoms with Crippen LogP contribution in [0.5, 0.6) is 0 Å². The van der Waals surface area contributed by atoms with Gasteiger partial charge < -0.3 is 10.1 Å². The molecule has 182 valence electrons. The molecule has 1 aliphatic rings. The van der Waals surface area contributed by atoms with E-state index in [9.17, 15) is 24.0 Å². The van der Waals surface area contributed by atoms with E-state index in [2.05, 4.69) is 5.32 Å². The number of fused-ring (bicyclic) bond motifs is 2. The zero-order valence-electron chi connectivity index (χ0n) is 19.8. The number of amides is 1. The summed E-state index contributed by atoms with van der Waals surface area (Å²) in [5.41, 5.74) is 1.57. The molecule has 4 aromatic rings. The van der Waals surface area contributed by atoms with E-state index < -0.39 is 35.5 Å². The van der Waals surface area contributed by atoms with Gasteiger partial charge in [-0.3, -0.25) is 19.2 Å². The van der Waals surface area contributed by atoms with Crippen molar-refractivity contribution in [2.75, 3.05) is 5.32 Å². The molecule has 1 amide bonds.